The number of para-hydroxylation sites is 1. The maximum Gasteiger partial charge on any atom is 0.227 e. The van der Waals surface area contributed by atoms with Gasteiger partial charge in [-0.25, -0.2) is 4.39 Å². The van der Waals surface area contributed by atoms with Crippen molar-refractivity contribution in [1.82, 2.24) is 14.4 Å². The van der Waals surface area contributed by atoms with Gasteiger partial charge in [0.25, 0.3) is 0 Å². The number of benzene rings is 2. The summed E-state index contributed by atoms with van der Waals surface area (Å²) in [7, 11) is 2.00. The molecule has 2 amide bonds. The molecule has 2 fully saturated rings. The van der Waals surface area contributed by atoms with Gasteiger partial charge in [0, 0.05) is 56.2 Å². The van der Waals surface area contributed by atoms with Gasteiger partial charge in [0.2, 0.25) is 11.8 Å². The standard InChI is InChI=1S/C25H26FN3O2/c1-27-16-18(20-4-2-3-5-23(20)27)14-24(30)28-10-12-29(13-11-28)25(31)22-15-21(22)17-6-8-19(26)9-7-17/h2-9,16,21-22H,10-15H2,1H3/t21-,22-/m1/s1. The molecule has 6 heteroatoms. The fourth-order valence-electron chi connectivity index (χ4n) is 4.80. The van der Waals surface area contributed by atoms with Crippen molar-refractivity contribution in [3.63, 3.8) is 0 Å². The average Bonchev–Trinajstić information content (AvgIpc) is 3.53. The molecule has 0 spiro atoms. The van der Waals surface area contributed by atoms with Crippen molar-refractivity contribution in [3.05, 3.63) is 71.7 Å². The summed E-state index contributed by atoms with van der Waals surface area (Å²) in [5.74, 6) is 0.202. The number of fused-ring (bicyclic) bond motifs is 1. The Balaban J connectivity index is 1.16. The number of nitrogens with zero attached hydrogens (tertiary/aromatic N) is 3. The van der Waals surface area contributed by atoms with Gasteiger partial charge in [-0.1, -0.05) is 30.3 Å². The highest BCUT2D eigenvalue weighted by Gasteiger charge is 2.46. The second-order valence-electron chi connectivity index (χ2n) is 8.67. The highest BCUT2D eigenvalue weighted by atomic mass is 19.1. The number of carbonyl (C=O) groups excluding carboxylic acids is 2. The first-order chi connectivity index (χ1) is 15.0. The molecule has 1 aliphatic heterocycles. The van der Waals surface area contributed by atoms with Crippen LogP contribution in [0.15, 0.2) is 54.7 Å². The first-order valence-electron chi connectivity index (χ1n) is 10.9. The van der Waals surface area contributed by atoms with Crippen LogP contribution < -0.4 is 0 Å². The molecule has 0 unspecified atom stereocenters. The molecular formula is C25H26FN3O2. The lowest BCUT2D eigenvalue weighted by molar-refractivity contribution is -0.140. The van der Waals surface area contributed by atoms with E-state index in [4.69, 9.17) is 0 Å². The topological polar surface area (TPSA) is 45.6 Å². The predicted octanol–water partition coefficient (Wildman–Crippen LogP) is 3.33. The lowest BCUT2D eigenvalue weighted by atomic mass is 10.1. The van der Waals surface area contributed by atoms with Crippen LogP contribution >= 0.6 is 0 Å². The van der Waals surface area contributed by atoms with E-state index in [-0.39, 0.29) is 29.5 Å². The molecule has 31 heavy (non-hydrogen) atoms. The van der Waals surface area contributed by atoms with Crippen LogP contribution in [0.1, 0.15) is 23.5 Å². The van der Waals surface area contributed by atoms with E-state index in [0.29, 0.717) is 32.6 Å². The molecule has 160 valence electrons. The first-order valence-corrected chi connectivity index (χ1v) is 10.9. The third-order valence-electron chi connectivity index (χ3n) is 6.67. The first kappa shape index (κ1) is 19.8. The Morgan fingerprint density at radius 3 is 2.39 bits per heavy atom. The number of aryl methyl sites for hydroxylation is 1. The van der Waals surface area contributed by atoms with Crippen LogP contribution in [0.5, 0.6) is 0 Å². The fourth-order valence-corrected chi connectivity index (χ4v) is 4.80. The number of hydrogen-bond donors (Lipinski definition) is 0. The lowest BCUT2D eigenvalue weighted by Gasteiger charge is -2.35. The van der Waals surface area contributed by atoms with E-state index < -0.39 is 0 Å². The summed E-state index contributed by atoms with van der Waals surface area (Å²) in [6.07, 6.45) is 3.24. The van der Waals surface area contributed by atoms with Crippen LogP contribution in [0, 0.1) is 11.7 Å². The van der Waals surface area contributed by atoms with E-state index in [1.807, 2.05) is 35.2 Å². The van der Waals surface area contributed by atoms with E-state index in [2.05, 4.69) is 16.7 Å². The van der Waals surface area contributed by atoms with Gasteiger partial charge in [0.05, 0.1) is 6.42 Å². The minimum Gasteiger partial charge on any atom is -0.350 e. The SMILES string of the molecule is Cn1cc(CC(=O)N2CCN(C(=O)[C@@H]3C[C@@H]3c3ccc(F)cc3)CC2)c2ccccc21. The fraction of sp³-hybridized carbons (Fsp3) is 0.360. The number of halogens is 1. The Morgan fingerprint density at radius 2 is 1.65 bits per heavy atom. The second-order valence-corrected chi connectivity index (χ2v) is 8.67. The van der Waals surface area contributed by atoms with Crippen LogP contribution in [0.3, 0.4) is 0 Å². The summed E-state index contributed by atoms with van der Waals surface area (Å²) < 4.78 is 15.2. The van der Waals surface area contributed by atoms with Crippen molar-refractivity contribution in [2.45, 2.75) is 18.8 Å². The number of rotatable bonds is 4. The molecule has 0 bridgehead atoms. The number of amides is 2. The van der Waals surface area contributed by atoms with Crippen LogP contribution in [0.25, 0.3) is 10.9 Å². The molecule has 5 rings (SSSR count). The number of aromatic nitrogens is 1. The molecule has 2 aliphatic rings. The Bertz CT molecular complexity index is 1130. The smallest absolute Gasteiger partial charge is 0.227 e. The molecule has 0 radical (unpaired) electrons. The maximum absolute atomic E-state index is 13.1. The van der Waals surface area contributed by atoms with Gasteiger partial charge in [-0.3, -0.25) is 9.59 Å². The van der Waals surface area contributed by atoms with Crippen molar-refractivity contribution in [1.29, 1.82) is 0 Å². The lowest BCUT2D eigenvalue weighted by Crippen LogP contribution is -2.51. The van der Waals surface area contributed by atoms with E-state index in [1.54, 1.807) is 12.1 Å². The van der Waals surface area contributed by atoms with Crippen molar-refractivity contribution >= 4 is 22.7 Å². The van der Waals surface area contributed by atoms with Gasteiger partial charge in [0.15, 0.2) is 0 Å². The van der Waals surface area contributed by atoms with Crippen molar-refractivity contribution in [2.24, 2.45) is 13.0 Å². The summed E-state index contributed by atoms with van der Waals surface area (Å²) in [6.45, 7) is 2.30. The van der Waals surface area contributed by atoms with Gasteiger partial charge in [-0.15, -0.1) is 0 Å². The van der Waals surface area contributed by atoms with Gasteiger partial charge in [-0.2, -0.15) is 0 Å². The molecule has 2 aromatic carbocycles. The Labute approximate surface area is 181 Å². The normalized spacial score (nSPS) is 20.8. The molecule has 1 saturated carbocycles. The Morgan fingerprint density at radius 1 is 0.968 bits per heavy atom. The molecule has 5 nitrogen and oxygen atoms in total. The van der Waals surface area contributed by atoms with Crippen molar-refractivity contribution in [3.8, 4) is 0 Å². The van der Waals surface area contributed by atoms with E-state index >= 15 is 0 Å². The van der Waals surface area contributed by atoms with E-state index in [1.165, 1.54) is 12.1 Å². The van der Waals surface area contributed by atoms with E-state index in [9.17, 15) is 14.0 Å². The zero-order chi connectivity index (χ0) is 21.5. The van der Waals surface area contributed by atoms with Crippen LogP contribution in [0.4, 0.5) is 4.39 Å². The summed E-state index contributed by atoms with van der Waals surface area (Å²) in [6, 6.07) is 14.6. The van der Waals surface area contributed by atoms with Gasteiger partial charge in [0.1, 0.15) is 5.82 Å². The zero-order valence-corrected chi connectivity index (χ0v) is 17.6. The second kappa shape index (κ2) is 7.84. The minimum absolute atomic E-state index is 0.0107. The molecule has 1 saturated heterocycles. The van der Waals surface area contributed by atoms with Crippen molar-refractivity contribution in [2.75, 3.05) is 26.2 Å². The van der Waals surface area contributed by atoms with Crippen LogP contribution in [-0.4, -0.2) is 52.4 Å². The maximum atomic E-state index is 13.1. The zero-order valence-electron chi connectivity index (χ0n) is 17.6. The Hall–Kier alpha value is -3.15. The molecular weight excluding hydrogens is 393 g/mol. The monoisotopic (exact) mass is 419 g/mol. The highest BCUT2D eigenvalue weighted by Crippen LogP contribution is 2.48. The third-order valence-corrected chi connectivity index (χ3v) is 6.67. The minimum atomic E-state index is -0.253. The summed E-state index contributed by atoms with van der Waals surface area (Å²) in [5.41, 5.74) is 3.20. The quantitative estimate of drug-likeness (QED) is 0.651. The summed E-state index contributed by atoms with van der Waals surface area (Å²) in [4.78, 5) is 29.5. The molecule has 1 aromatic heterocycles. The molecule has 0 N–H and O–H groups in total. The van der Waals surface area contributed by atoms with Crippen molar-refractivity contribution < 1.29 is 14.0 Å². The summed E-state index contributed by atoms with van der Waals surface area (Å²) in [5, 5.41) is 1.12. The molecule has 2 heterocycles. The predicted molar refractivity (Wildman–Crippen MR) is 117 cm³/mol. The molecule has 1 aliphatic carbocycles. The average molecular weight is 420 g/mol. The van der Waals surface area contributed by atoms with Crippen LogP contribution in [-0.2, 0) is 23.1 Å². The van der Waals surface area contributed by atoms with Gasteiger partial charge < -0.3 is 14.4 Å². The number of carbonyl (C=O) groups is 2. The highest BCUT2D eigenvalue weighted by molar-refractivity contribution is 5.89. The molecule has 3 aromatic rings. The largest absolute Gasteiger partial charge is 0.350 e. The third kappa shape index (κ3) is 3.82. The van der Waals surface area contributed by atoms with Gasteiger partial charge >= 0.3 is 0 Å². The van der Waals surface area contributed by atoms with E-state index in [0.717, 1.165) is 28.5 Å². The molecule has 2 atom stereocenters. The van der Waals surface area contributed by atoms with Crippen LogP contribution in [0.2, 0.25) is 0 Å². The number of hydrogen-bond acceptors (Lipinski definition) is 2. The Kier molecular flexibility index (Phi) is 5.00. The number of piperazine rings is 1. The summed E-state index contributed by atoms with van der Waals surface area (Å²) >= 11 is 0. The van der Waals surface area contributed by atoms with Gasteiger partial charge in [-0.05, 0) is 41.7 Å².